The van der Waals surface area contributed by atoms with Crippen molar-refractivity contribution in [2.24, 2.45) is 0 Å². The monoisotopic (exact) mass is 283 g/mol. The van der Waals surface area contributed by atoms with E-state index in [4.69, 9.17) is 16.3 Å². The summed E-state index contributed by atoms with van der Waals surface area (Å²) in [5.74, 6) is -0.113. The average molecular weight is 284 g/mol. The molecule has 0 rings (SSSR count). The molecule has 0 heterocycles. The minimum Gasteiger partial charge on any atom is -0.488 e. The molecule has 4 heteroatoms. The van der Waals surface area contributed by atoms with Crippen LogP contribution in [0, 0.1) is 0 Å². The van der Waals surface area contributed by atoms with Crippen LogP contribution in [0.1, 0.15) is 26.7 Å². The molecule has 0 aliphatic heterocycles. The Morgan fingerprint density at radius 3 is 2.84 bits per heavy atom. The number of hydrogen-bond donors (Lipinski definition) is 1. The van der Waals surface area contributed by atoms with E-state index < -0.39 is 6.10 Å². The van der Waals surface area contributed by atoms with E-state index in [1.165, 1.54) is 6.26 Å². The van der Waals surface area contributed by atoms with Gasteiger partial charge in [0.25, 0.3) is 5.91 Å². The number of halogens is 1. The molecule has 1 N–H and O–H groups in total. The lowest BCUT2D eigenvalue weighted by molar-refractivity contribution is -0.129. The number of rotatable bonds is 9. The molecule has 0 saturated heterocycles. The molecular formula is C15H22ClNO2. The zero-order chi connectivity index (χ0) is 14.5. The van der Waals surface area contributed by atoms with Gasteiger partial charge in [0.2, 0.25) is 0 Å². The fraction of sp³-hybridized carbons (Fsp3) is 0.400. The van der Waals surface area contributed by atoms with Gasteiger partial charge >= 0.3 is 0 Å². The third-order valence-electron chi connectivity index (χ3n) is 2.21. The minimum atomic E-state index is -0.477. The van der Waals surface area contributed by atoms with Crippen molar-refractivity contribution in [3.05, 3.63) is 48.3 Å². The van der Waals surface area contributed by atoms with Crippen molar-refractivity contribution in [3.8, 4) is 0 Å². The van der Waals surface area contributed by atoms with Crippen molar-refractivity contribution in [2.45, 2.75) is 32.8 Å². The smallest absolute Gasteiger partial charge is 0.261 e. The molecule has 0 saturated carbocycles. The zero-order valence-corrected chi connectivity index (χ0v) is 12.3. The van der Waals surface area contributed by atoms with Crippen molar-refractivity contribution in [1.82, 2.24) is 5.32 Å². The number of ether oxygens (including phenoxy) is 1. The summed E-state index contributed by atoms with van der Waals surface area (Å²) in [6, 6.07) is 0. The van der Waals surface area contributed by atoms with Crippen molar-refractivity contribution < 1.29 is 9.53 Å². The van der Waals surface area contributed by atoms with E-state index in [9.17, 15) is 4.79 Å². The first kappa shape index (κ1) is 17.5. The number of carbonyl (C=O) groups is 1. The van der Waals surface area contributed by atoms with E-state index >= 15 is 0 Å². The molecule has 3 nitrogen and oxygen atoms in total. The Labute approximate surface area is 120 Å². The highest BCUT2D eigenvalue weighted by Crippen LogP contribution is 2.04. The third-order valence-corrected chi connectivity index (χ3v) is 2.47. The number of nitrogens with one attached hydrogen (secondary N) is 1. The molecule has 1 amide bonds. The normalized spacial score (nSPS) is 13.7. The molecule has 0 aromatic rings. The number of carbonyl (C=O) groups excluding carboxylic acids is 1. The predicted octanol–water partition coefficient (Wildman–Crippen LogP) is 3.69. The number of allylic oxidation sites excluding steroid dienone is 5. The summed E-state index contributed by atoms with van der Waals surface area (Å²) in [6.45, 7) is 7.96. The summed E-state index contributed by atoms with van der Waals surface area (Å²) in [5, 5.41) is 3.39. The number of hydrogen-bond acceptors (Lipinski definition) is 2. The second kappa shape index (κ2) is 11.6. The van der Waals surface area contributed by atoms with Gasteiger partial charge in [-0.1, -0.05) is 30.7 Å². The van der Waals surface area contributed by atoms with E-state index in [1.807, 2.05) is 19.9 Å². The molecule has 0 spiro atoms. The Morgan fingerprint density at radius 2 is 2.26 bits per heavy atom. The van der Waals surface area contributed by atoms with Gasteiger partial charge in [-0.2, -0.15) is 0 Å². The molecule has 1 atom stereocenters. The fourth-order valence-corrected chi connectivity index (χ4v) is 1.44. The average Bonchev–Trinajstić information content (AvgIpc) is 2.39. The maximum absolute atomic E-state index is 11.7. The number of amides is 1. The Hall–Kier alpha value is -1.48. The Morgan fingerprint density at radius 1 is 1.53 bits per heavy atom. The fourth-order valence-electron chi connectivity index (χ4n) is 1.24. The van der Waals surface area contributed by atoms with Gasteiger partial charge in [0, 0.05) is 11.6 Å². The van der Waals surface area contributed by atoms with Crippen molar-refractivity contribution in [2.75, 3.05) is 6.54 Å². The van der Waals surface area contributed by atoms with E-state index in [1.54, 1.807) is 24.3 Å². The SMILES string of the molecule is C=CCCNC(=O)C(CC)O/C=C/C=C(Cl)\C=C/C. The van der Waals surface area contributed by atoms with E-state index in [2.05, 4.69) is 11.9 Å². The van der Waals surface area contributed by atoms with E-state index in [-0.39, 0.29) is 5.91 Å². The molecule has 1 unspecified atom stereocenters. The van der Waals surface area contributed by atoms with Crippen LogP contribution in [0.5, 0.6) is 0 Å². The minimum absolute atomic E-state index is 0.113. The quantitative estimate of drug-likeness (QED) is 0.303. The van der Waals surface area contributed by atoms with Crippen LogP contribution >= 0.6 is 11.6 Å². The van der Waals surface area contributed by atoms with Crippen LogP contribution in [0.15, 0.2) is 48.3 Å². The molecule has 19 heavy (non-hydrogen) atoms. The van der Waals surface area contributed by atoms with Crippen LogP contribution in [0.25, 0.3) is 0 Å². The van der Waals surface area contributed by atoms with Crippen LogP contribution in [0.2, 0.25) is 0 Å². The van der Waals surface area contributed by atoms with Crippen LogP contribution in [0.4, 0.5) is 0 Å². The first-order valence-electron chi connectivity index (χ1n) is 6.34. The van der Waals surface area contributed by atoms with Gasteiger partial charge in [0.15, 0.2) is 6.10 Å². The van der Waals surface area contributed by atoms with E-state index in [0.29, 0.717) is 18.0 Å². The molecule has 0 aromatic carbocycles. The molecular weight excluding hydrogens is 262 g/mol. The molecule has 0 radical (unpaired) electrons. The molecule has 0 fully saturated rings. The van der Waals surface area contributed by atoms with Crippen LogP contribution in [-0.4, -0.2) is 18.6 Å². The highest BCUT2D eigenvalue weighted by molar-refractivity contribution is 6.31. The van der Waals surface area contributed by atoms with Crippen LogP contribution in [-0.2, 0) is 9.53 Å². The third kappa shape index (κ3) is 9.14. The van der Waals surface area contributed by atoms with Crippen molar-refractivity contribution >= 4 is 17.5 Å². The summed E-state index contributed by atoms with van der Waals surface area (Å²) < 4.78 is 5.37. The molecule has 106 valence electrons. The van der Waals surface area contributed by atoms with Gasteiger partial charge in [0.05, 0.1) is 6.26 Å². The molecule has 0 aromatic heterocycles. The highest BCUT2D eigenvalue weighted by Gasteiger charge is 2.15. The lowest BCUT2D eigenvalue weighted by Gasteiger charge is -2.13. The standard InChI is InChI=1S/C15H22ClNO2/c1-4-7-11-17-15(18)14(6-3)19-12-8-10-13(16)9-5-2/h4-5,8-10,12,14H,1,6-7,11H2,2-3H3,(H,17,18)/b9-5-,12-8+,13-10+. The topological polar surface area (TPSA) is 38.3 Å². The first-order valence-corrected chi connectivity index (χ1v) is 6.72. The summed E-state index contributed by atoms with van der Waals surface area (Å²) in [5.41, 5.74) is 0. The largest absolute Gasteiger partial charge is 0.488 e. The van der Waals surface area contributed by atoms with Gasteiger partial charge in [0.1, 0.15) is 0 Å². The Balaban J connectivity index is 4.18. The Kier molecular flexibility index (Phi) is 10.7. The second-order valence-electron chi connectivity index (χ2n) is 3.78. The van der Waals surface area contributed by atoms with Gasteiger partial charge in [-0.15, -0.1) is 6.58 Å². The summed E-state index contributed by atoms with van der Waals surface area (Å²) >= 11 is 5.86. The van der Waals surface area contributed by atoms with Gasteiger partial charge in [-0.25, -0.2) is 0 Å². The molecule has 0 aliphatic rings. The highest BCUT2D eigenvalue weighted by atomic mass is 35.5. The van der Waals surface area contributed by atoms with Gasteiger partial charge < -0.3 is 10.1 Å². The second-order valence-corrected chi connectivity index (χ2v) is 4.22. The molecule has 0 bridgehead atoms. The maximum Gasteiger partial charge on any atom is 0.261 e. The summed E-state index contributed by atoms with van der Waals surface area (Å²) in [6.07, 6.45) is 11.1. The first-order chi connectivity index (χ1) is 9.15. The summed E-state index contributed by atoms with van der Waals surface area (Å²) in [7, 11) is 0. The van der Waals surface area contributed by atoms with Crippen LogP contribution in [0.3, 0.4) is 0 Å². The molecule has 0 aliphatic carbocycles. The van der Waals surface area contributed by atoms with Crippen LogP contribution < -0.4 is 5.32 Å². The lowest BCUT2D eigenvalue weighted by atomic mass is 10.2. The van der Waals surface area contributed by atoms with Gasteiger partial charge in [-0.3, -0.25) is 4.79 Å². The van der Waals surface area contributed by atoms with Gasteiger partial charge in [-0.05, 0) is 38.0 Å². The van der Waals surface area contributed by atoms with Crippen molar-refractivity contribution in [3.63, 3.8) is 0 Å². The summed E-state index contributed by atoms with van der Waals surface area (Å²) in [4.78, 5) is 11.7. The zero-order valence-electron chi connectivity index (χ0n) is 11.6. The maximum atomic E-state index is 11.7. The lowest BCUT2D eigenvalue weighted by Crippen LogP contribution is -2.35. The van der Waals surface area contributed by atoms with Crippen molar-refractivity contribution in [1.29, 1.82) is 0 Å². The van der Waals surface area contributed by atoms with E-state index in [0.717, 1.165) is 6.42 Å². The Bertz CT molecular complexity index is 359. The predicted molar refractivity (Wildman–Crippen MR) is 80.9 cm³/mol.